The highest BCUT2D eigenvalue weighted by atomic mass is 16.5. The Bertz CT molecular complexity index is 766. The van der Waals surface area contributed by atoms with Gasteiger partial charge in [0.05, 0.1) is 12.2 Å². The molecule has 0 unspecified atom stereocenters. The van der Waals surface area contributed by atoms with Crippen molar-refractivity contribution in [2.24, 2.45) is 0 Å². The third kappa shape index (κ3) is 5.73. The maximum absolute atomic E-state index is 12.1. The molecule has 2 aromatic rings. The number of amides is 1. The summed E-state index contributed by atoms with van der Waals surface area (Å²) in [6, 6.07) is 13.1. The molecule has 0 bridgehead atoms. The van der Waals surface area contributed by atoms with Crippen molar-refractivity contribution >= 4 is 17.7 Å². The topological polar surface area (TPSA) is 92.7 Å². The highest BCUT2D eigenvalue weighted by Gasteiger charge is 2.10. The van der Waals surface area contributed by atoms with Crippen molar-refractivity contribution in [1.29, 1.82) is 0 Å². The van der Waals surface area contributed by atoms with E-state index in [0.717, 1.165) is 5.56 Å². The maximum atomic E-state index is 12.1. The molecule has 6 heteroatoms. The smallest absolute Gasteiger partial charge is 0.335 e. The minimum Gasteiger partial charge on any atom is -0.494 e. The first-order chi connectivity index (χ1) is 12.5. The Hall–Kier alpha value is -3.15. The SMILES string of the molecule is CCOc1ccc(C(=O)CCC(=O)NCc2ccc(C(=O)O)cc2)cc1. The van der Waals surface area contributed by atoms with E-state index < -0.39 is 5.97 Å². The van der Waals surface area contributed by atoms with Gasteiger partial charge in [0.1, 0.15) is 5.75 Å². The van der Waals surface area contributed by atoms with Gasteiger partial charge in [-0.3, -0.25) is 9.59 Å². The Labute approximate surface area is 151 Å². The van der Waals surface area contributed by atoms with Crippen molar-refractivity contribution in [3.8, 4) is 5.75 Å². The quantitative estimate of drug-likeness (QED) is 0.675. The lowest BCUT2D eigenvalue weighted by molar-refractivity contribution is -0.121. The van der Waals surface area contributed by atoms with E-state index in [2.05, 4.69) is 5.32 Å². The standard InChI is InChI=1S/C20H21NO5/c1-2-26-17-9-7-15(8-10-17)18(22)11-12-19(23)21-13-14-3-5-16(6-4-14)20(24)25/h3-10H,2,11-13H2,1H3,(H,21,23)(H,24,25). The highest BCUT2D eigenvalue weighted by Crippen LogP contribution is 2.14. The van der Waals surface area contributed by atoms with Crippen LogP contribution < -0.4 is 10.1 Å². The van der Waals surface area contributed by atoms with E-state index in [4.69, 9.17) is 9.84 Å². The van der Waals surface area contributed by atoms with Crippen LogP contribution in [0.2, 0.25) is 0 Å². The van der Waals surface area contributed by atoms with E-state index in [1.165, 1.54) is 12.1 Å². The van der Waals surface area contributed by atoms with Gasteiger partial charge >= 0.3 is 5.97 Å². The molecule has 0 spiro atoms. The van der Waals surface area contributed by atoms with E-state index in [0.29, 0.717) is 17.9 Å². The summed E-state index contributed by atoms with van der Waals surface area (Å²) in [5.74, 6) is -0.621. The number of rotatable bonds is 9. The average molecular weight is 355 g/mol. The zero-order chi connectivity index (χ0) is 18.9. The number of hydrogen-bond donors (Lipinski definition) is 2. The van der Waals surface area contributed by atoms with Gasteiger partial charge in [-0.2, -0.15) is 0 Å². The summed E-state index contributed by atoms with van der Waals surface area (Å²) in [5, 5.41) is 11.6. The first kappa shape index (κ1) is 19.2. The third-order valence-corrected chi connectivity index (χ3v) is 3.76. The minimum atomic E-state index is -0.992. The molecule has 0 aliphatic rings. The Morgan fingerprint density at radius 3 is 2.12 bits per heavy atom. The number of Topliss-reactive ketones (excluding diaryl/α,β-unsaturated/α-hetero) is 1. The number of carbonyl (C=O) groups is 3. The van der Waals surface area contributed by atoms with Crippen LogP contribution in [-0.4, -0.2) is 29.4 Å². The summed E-state index contributed by atoms with van der Waals surface area (Å²) in [5.41, 5.74) is 1.53. The number of carbonyl (C=O) groups excluding carboxylic acids is 2. The van der Waals surface area contributed by atoms with Gasteiger partial charge in [-0.25, -0.2) is 4.79 Å². The van der Waals surface area contributed by atoms with Crippen molar-refractivity contribution in [1.82, 2.24) is 5.32 Å². The van der Waals surface area contributed by atoms with Gasteiger partial charge < -0.3 is 15.2 Å². The van der Waals surface area contributed by atoms with Crippen LogP contribution in [0.5, 0.6) is 5.75 Å². The van der Waals surface area contributed by atoms with Crippen LogP contribution in [0.1, 0.15) is 46.0 Å². The summed E-state index contributed by atoms with van der Waals surface area (Å²) in [7, 11) is 0. The summed E-state index contributed by atoms with van der Waals surface area (Å²) in [4.78, 5) is 34.8. The summed E-state index contributed by atoms with van der Waals surface area (Å²) < 4.78 is 5.33. The number of aromatic carboxylic acids is 1. The molecule has 0 aromatic heterocycles. The second-order valence-corrected chi connectivity index (χ2v) is 5.66. The Morgan fingerprint density at radius 2 is 1.54 bits per heavy atom. The number of ketones is 1. The number of nitrogens with one attached hydrogen (secondary N) is 1. The van der Waals surface area contributed by atoms with Crippen molar-refractivity contribution < 1.29 is 24.2 Å². The molecule has 0 aliphatic carbocycles. The fourth-order valence-electron chi connectivity index (χ4n) is 2.33. The van der Waals surface area contributed by atoms with Gasteiger partial charge in [0.2, 0.25) is 5.91 Å². The molecule has 0 aliphatic heterocycles. The Kier molecular flexibility index (Phi) is 6.91. The van der Waals surface area contributed by atoms with Gasteiger partial charge in [0.25, 0.3) is 0 Å². The fourth-order valence-corrected chi connectivity index (χ4v) is 2.33. The molecular weight excluding hydrogens is 334 g/mol. The van der Waals surface area contributed by atoms with E-state index in [9.17, 15) is 14.4 Å². The Balaban J connectivity index is 1.77. The first-order valence-electron chi connectivity index (χ1n) is 8.34. The normalized spacial score (nSPS) is 10.2. The summed E-state index contributed by atoms with van der Waals surface area (Å²) in [6.07, 6.45) is 0.219. The van der Waals surface area contributed by atoms with Crippen LogP contribution in [0, 0.1) is 0 Å². The molecule has 0 radical (unpaired) electrons. The van der Waals surface area contributed by atoms with Gasteiger partial charge in [-0.1, -0.05) is 12.1 Å². The molecule has 0 heterocycles. The monoisotopic (exact) mass is 355 g/mol. The molecular formula is C20H21NO5. The van der Waals surface area contributed by atoms with Gasteiger partial charge in [0, 0.05) is 24.9 Å². The predicted octanol–water partition coefficient (Wildman–Crippen LogP) is 3.06. The van der Waals surface area contributed by atoms with Gasteiger partial charge in [-0.15, -0.1) is 0 Å². The van der Waals surface area contributed by atoms with Crippen molar-refractivity contribution in [3.63, 3.8) is 0 Å². The number of benzene rings is 2. The lowest BCUT2D eigenvalue weighted by Crippen LogP contribution is -2.23. The average Bonchev–Trinajstić information content (AvgIpc) is 2.65. The van der Waals surface area contributed by atoms with Crippen LogP contribution in [0.15, 0.2) is 48.5 Å². The molecule has 0 atom stereocenters. The summed E-state index contributed by atoms with van der Waals surface area (Å²) in [6.45, 7) is 2.74. The molecule has 2 aromatic carbocycles. The molecule has 1 amide bonds. The Morgan fingerprint density at radius 1 is 0.923 bits per heavy atom. The molecule has 6 nitrogen and oxygen atoms in total. The van der Waals surface area contributed by atoms with Crippen LogP contribution in [0.25, 0.3) is 0 Å². The largest absolute Gasteiger partial charge is 0.494 e. The second kappa shape index (κ2) is 9.36. The van der Waals surface area contributed by atoms with Gasteiger partial charge in [0.15, 0.2) is 5.78 Å². The third-order valence-electron chi connectivity index (χ3n) is 3.76. The molecule has 26 heavy (non-hydrogen) atoms. The zero-order valence-corrected chi connectivity index (χ0v) is 14.5. The van der Waals surface area contributed by atoms with Crippen LogP contribution in [0.3, 0.4) is 0 Å². The van der Waals surface area contributed by atoms with Crippen LogP contribution in [-0.2, 0) is 11.3 Å². The van der Waals surface area contributed by atoms with Crippen LogP contribution >= 0.6 is 0 Å². The highest BCUT2D eigenvalue weighted by molar-refractivity contribution is 5.98. The molecule has 0 saturated heterocycles. The van der Waals surface area contributed by atoms with Crippen molar-refractivity contribution in [3.05, 3.63) is 65.2 Å². The molecule has 0 saturated carbocycles. The van der Waals surface area contributed by atoms with Crippen molar-refractivity contribution in [2.75, 3.05) is 6.61 Å². The maximum Gasteiger partial charge on any atom is 0.335 e. The molecule has 2 rings (SSSR count). The second-order valence-electron chi connectivity index (χ2n) is 5.66. The number of ether oxygens (including phenoxy) is 1. The predicted molar refractivity (Wildman–Crippen MR) is 96.4 cm³/mol. The van der Waals surface area contributed by atoms with E-state index in [1.807, 2.05) is 6.92 Å². The van der Waals surface area contributed by atoms with E-state index >= 15 is 0 Å². The van der Waals surface area contributed by atoms with Gasteiger partial charge in [-0.05, 0) is 48.9 Å². The van der Waals surface area contributed by atoms with Crippen LogP contribution in [0.4, 0.5) is 0 Å². The van der Waals surface area contributed by atoms with Crippen molar-refractivity contribution in [2.45, 2.75) is 26.3 Å². The minimum absolute atomic E-state index is 0.0965. The lowest BCUT2D eigenvalue weighted by Gasteiger charge is -2.06. The molecule has 2 N–H and O–H groups in total. The number of hydrogen-bond acceptors (Lipinski definition) is 4. The first-order valence-corrected chi connectivity index (χ1v) is 8.34. The molecule has 136 valence electrons. The fraction of sp³-hybridized carbons (Fsp3) is 0.250. The molecule has 0 fully saturated rings. The van der Waals surface area contributed by atoms with E-state index in [-0.39, 0.29) is 36.6 Å². The number of carboxylic acid groups (broad SMARTS) is 1. The zero-order valence-electron chi connectivity index (χ0n) is 14.5. The summed E-state index contributed by atoms with van der Waals surface area (Å²) >= 11 is 0. The van der Waals surface area contributed by atoms with E-state index in [1.54, 1.807) is 36.4 Å². The number of carboxylic acids is 1. The lowest BCUT2D eigenvalue weighted by atomic mass is 10.1.